The largest absolute Gasteiger partial charge is 0.344 e. The summed E-state index contributed by atoms with van der Waals surface area (Å²) in [5, 5.41) is 9.16. The molecule has 31 heavy (non-hydrogen) atoms. The number of amides is 2. The van der Waals surface area contributed by atoms with Gasteiger partial charge < -0.3 is 21.7 Å². The number of nitrogens with two attached hydrogens (primary N) is 1. The normalized spacial score (nSPS) is 15.1. The van der Waals surface area contributed by atoms with Crippen LogP contribution >= 0.6 is 0 Å². The van der Waals surface area contributed by atoms with E-state index in [9.17, 15) is 14.4 Å². The molecule has 7 heteroatoms. The summed E-state index contributed by atoms with van der Waals surface area (Å²) >= 11 is 0. The highest BCUT2D eigenvalue weighted by atomic mass is 16.2. The average molecular weight is 441 g/mol. The van der Waals surface area contributed by atoms with Crippen LogP contribution in [0.25, 0.3) is 0 Å². The van der Waals surface area contributed by atoms with Crippen LogP contribution in [0.2, 0.25) is 0 Å². The molecule has 0 rings (SSSR count). The lowest BCUT2D eigenvalue weighted by Gasteiger charge is -2.30. The van der Waals surface area contributed by atoms with Crippen molar-refractivity contribution < 1.29 is 14.4 Å². The molecule has 0 saturated carbocycles. The van der Waals surface area contributed by atoms with E-state index >= 15 is 0 Å². The average Bonchev–Trinajstić information content (AvgIpc) is 2.62. The van der Waals surface area contributed by atoms with Crippen molar-refractivity contribution in [2.24, 2.45) is 23.0 Å². The van der Waals surface area contributed by atoms with Crippen LogP contribution in [0, 0.1) is 17.3 Å². The molecule has 0 aliphatic rings. The Morgan fingerprint density at radius 1 is 0.839 bits per heavy atom. The third kappa shape index (κ3) is 11.6. The second kappa shape index (κ2) is 13.8. The number of unbranched alkanes of at least 4 members (excludes halogenated alkanes) is 1. The summed E-state index contributed by atoms with van der Waals surface area (Å²) < 4.78 is 0. The first-order valence-electron chi connectivity index (χ1n) is 11.8. The van der Waals surface area contributed by atoms with Crippen LogP contribution < -0.4 is 21.7 Å². The van der Waals surface area contributed by atoms with Gasteiger partial charge in [0.2, 0.25) is 11.8 Å². The summed E-state index contributed by atoms with van der Waals surface area (Å²) in [6, 6.07) is -1.52. The third-order valence-electron chi connectivity index (χ3n) is 5.12. The fourth-order valence-electron chi connectivity index (χ4n) is 3.45. The Morgan fingerprint density at radius 2 is 1.39 bits per heavy atom. The van der Waals surface area contributed by atoms with Crippen LogP contribution in [0.1, 0.15) is 88.0 Å². The summed E-state index contributed by atoms with van der Waals surface area (Å²) in [6.07, 6.45) is 2.61. The van der Waals surface area contributed by atoms with E-state index in [1.165, 1.54) is 0 Å². The second-order valence-electron chi connectivity index (χ2n) is 10.7. The number of hydrogen-bond acceptors (Lipinski definition) is 5. The molecule has 0 spiro atoms. The quantitative estimate of drug-likeness (QED) is 0.310. The molecule has 3 atom stereocenters. The first-order valence-corrected chi connectivity index (χ1v) is 11.8. The number of Topliss-reactive ketones (excluding diaryl/α,β-unsaturated/α-hetero) is 1. The van der Waals surface area contributed by atoms with Gasteiger partial charge in [-0.05, 0) is 44.1 Å². The molecule has 182 valence electrons. The van der Waals surface area contributed by atoms with Crippen molar-refractivity contribution in [2.45, 2.75) is 112 Å². The molecule has 0 bridgehead atoms. The molecule has 0 fully saturated rings. The Morgan fingerprint density at radius 3 is 1.81 bits per heavy atom. The van der Waals surface area contributed by atoms with E-state index in [1.54, 1.807) is 0 Å². The van der Waals surface area contributed by atoms with Gasteiger partial charge in [0.1, 0.15) is 6.04 Å². The van der Waals surface area contributed by atoms with Gasteiger partial charge >= 0.3 is 0 Å². The predicted octanol–water partition coefficient (Wildman–Crippen LogP) is 2.77. The van der Waals surface area contributed by atoms with Gasteiger partial charge in [-0.15, -0.1) is 0 Å². The summed E-state index contributed by atoms with van der Waals surface area (Å²) in [5.41, 5.74) is 5.03. The Labute approximate surface area is 190 Å². The lowest BCUT2D eigenvalue weighted by atomic mass is 9.84. The SMILES string of the molecule is CC(C)C[C@H](NC(=O)[C@@H](NC(C)C)C(C)C)C(=O)N[C@@H](CCCCN)C(=O)C(C)(C)C. The van der Waals surface area contributed by atoms with Crippen molar-refractivity contribution >= 4 is 17.6 Å². The first kappa shape index (κ1) is 29.5. The third-order valence-corrected chi connectivity index (χ3v) is 5.12. The van der Waals surface area contributed by atoms with Crippen LogP contribution in [0.4, 0.5) is 0 Å². The molecule has 5 N–H and O–H groups in total. The maximum atomic E-state index is 13.2. The molecule has 0 saturated heterocycles. The minimum Gasteiger partial charge on any atom is -0.344 e. The van der Waals surface area contributed by atoms with Crippen molar-refractivity contribution in [3.05, 3.63) is 0 Å². The number of hydrogen-bond donors (Lipinski definition) is 4. The first-order chi connectivity index (χ1) is 14.2. The van der Waals surface area contributed by atoms with Crippen LogP contribution in [0.5, 0.6) is 0 Å². The van der Waals surface area contributed by atoms with Gasteiger partial charge in [-0.2, -0.15) is 0 Å². The van der Waals surface area contributed by atoms with Gasteiger partial charge in [0, 0.05) is 11.5 Å². The minimum atomic E-state index is -0.688. The van der Waals surface area contributed by atoms with Crippen molar-refractivity contribution in [1.29, 1.82) is 0 Å². The highest BCUT2D eigenvalue weighted by molar-refractivity contribution is 5.95. The summed E-state index contributed by atoms with van der Waals surface area (Å²) in [6.45, 7) is 18.1. The molecule has 2 amide bonds. The smallest absolute Gasteiger partial charge is 0.243 e. The lowest BCUT2D eigenvalue weighted by Crippen LogP contribution is -2.57. The molecule has 0 radical (unpaired) electrons. The van der Waals surface area contributed by atoms with Gasteiger partial charge in [0.15, 0.2) is 5.78 Å². The highest BCUT2D eigenvalue weighted by Crippen LogP contribution is 2.20. The van der Waals surface area contributed by atoms with Gasteiger partial charge in [0.25, 0.3) is 0 Å². The van der Waals surface area contributed by atoms with E-state index in [1.807, 2.05) is 62.3 Å². The van der Waals surface area contributed by atoms with Crippen molar-refractivity contribution in [2.75, 3.05) is 6.54 Å². The van der Waals surface area contributed by atoms with Crippen LogP contribution in [0.15, 0.2) is 0 Å². The highest BCUT2D eigenvalue weighted by Gasteiger charge is 2.33. The topological polar surface area (TPSA) is 113 Å². The number of nitrogens with one attached hydrogen (secondary N) is 3. The molecular weight excluding hydrogens is 392 g/mol. The number of rotatable bonds is 14. The van der Waals surface area contributed by atoms with Crippen LogP contribution in [-0.4, -0.2) is 48.3 Å². The van der Waals surface area contributed by atoms with E-state index < -0.39 is 17.5 Å². The Balaban J connectivity index is 5.51. The van der Waals surface area contributed by atoms with Crippen molar-refractivity contribution in [3.63, 3.8) is 0 Å². The molecule has 0 aromatic rings. The predicted molar refractivity (Wildman–Crippen MR) is 128 cm³/mol. The standard InChI is InChI=1S/C24H48N4O3/c1-15(2)14-19(28-23(31)20(16(3)4)26-17(5)6)22(30)27-18(12-10-11-13-25)21(29)24(7,8)9/h15-20,26H,10-14,25H2,1-9H3,(H,27,30)(H,28,31)/t18-,19-,20-/m0/s1. The maximum absolute atomic E-state index is 13.2. The van der Waals surface area contributed by atoms with Gasteiger partial charge in [-0.25, -0.2) is 0 Å². The fourth-order valence-corrected chi connectivity index (χ4v) is 3.45. The fraction of sp³-hybridized carbons (Fsp3) is 0.875. The summed E-state index contributed by atoms with van der Waals surface area (Å²) in [5.74, 6) is -0.206. The Bertz CT molecular complexity index is 568. The molecule has 0 aliphatic heterocycles. The van der Waals surface area contributed by atoms with E-state index in [4.69, 9.17) is 5.73 Å². The van der Waals surface area contributed by atoms with E-state index in [-0.39, 0.29) is 41.5 Å². The van der Waals surface area contributed by atoms with Crippen molar-refractivity contribution in [3.8, 4) is 0 Å². The Hall–Kier alpha value is -1.47. The molecule has 0 aliphatic carbocycles. The van der Waals surface area contributed by atoms with E-state index in [0.717, 1.165) is 12.8 Å². The number of carbonyl (C=O) groups excluding carboxylic acids is 3. The summed E-state index contributed by atoms with van der Waals surface area (Å²) in [4.78, 5) is 39.1. The number of ketones is 1. The van der Waals surface area contributed by atoms with Crippen molar-refractivity contribution in [1.82, 2.24) is 16.0 Å². The van der Waals surface area contributed by atoms with Gasteiger partial charge in [0.05, 0.1) is 12.1 Å². The molecule has 0 heterocycles. The molecule has 0 aromatic carbocycles. The minimum absolute atomic E-state index is 0.00553. The van der Waals surface area contributed by atoms with E-state index in [0.29, 0.717) is 19.4 Å². The van der Waals surface area contributed by atoms with Crippen LogP contribution in [-0.2, 0) is 14.4 Å². The van der Waals surface area contributed by atoms with E-state index in [2.05, 4.69) is 16.0 Å². The zero-order valence-corrected chi connectivity index (χ0v) is 21.3. The van der Waals surface area contributed by atoms with Gasteiger partial charge in [-0.1, -0.05) is 62.3 Å². The lowest BCUT2D eigenvalue weighted by molar-refractivity contribution is -0.135. The second-order valence-corrected chi connectivity index (χ2v) is 10.7. The maximum Gasteiger partial charge on any atom is 0.243 e. The Kier molecular flexibility index (Phi) is 13.2. The summed E-state index contributed by atoms with van der Waals surface area (Å²) in [7, 11) is 0. The molecule has 7 nitrogen and oxygen atoms in total. The zero-order chi connectivity index (χ0) is 24.4. The molecular formula is C24H48N4O3. The van der Waals surface area contributed by atoms with Gasteiger partial charge in [-0.3, -0.25) is 14.4 Å². The van der Waals surface area contributed by atoms with Crippen LogP contribution in [0.3, 0.4) is 0 Å². The monoisotopic (exact) mass is 440 g/mol. The zero-order valence-electron chi connectivity index (χ0n) is 21.3. The molecule has 0 aromatic heterocycles. The molecule has 0 unspecified atom stereocenters. The number of carbonyl (C=O) groups is 3.